The van der Waals surface area contributed by atoms with Gasteiger partial charge in [0.05, 0.1) is 18.6 Å². The number of aliphatic hydroxyl groups is 1. The third-order valence-corrected chi connectivity index (χ3v) is 2.63. The number of nitrogens with zero attached hydrogens (tertiary/aromatic N) is 1. The lowest BCUT2D eigenvalue weighted by molar-refractivity contribution is -0.135. The topological polar surface area (TPSA) is 61.8 Å². The Morgan fingerprint density at radius 3 is 3.00 bits per heavy atom. The van der Waals surface area contributed by atoms with Gasteiger partial charge in [-0.05, 0) is 13.0 Å². The standard InChI is InChI=1S/C10H20N2O3/c1-12(6-9(13)7-15-2)10(14)8-3-4-11-5-8/h8-9,11,13H,3-7H2,1-2H3. The van der Waals surface area contributed by atoms with Crippen molar-refractivity contribution in [1.29, 1.82) is 0 Å². The molecule has 0 spiro atoms. The van der Waals surface area contributed by atoms with E-state index in [4.69, 9.17) is 4.74 Å². The van der Waals surface area contributed by atoms with Gasteiger partial charge in [-0.15, -0.1) is 0 Å². The van der Waals surface area contributed by atoms with Crippen molar-refractivity contribution in [3.63, 3.8) is 0 Å². The molecule has 88 valence electrons. The van der Waals surface area contributed by atoms with Gasteiger partial charge in [0.2, 0.25) is 5.91 Å². The van der Waals surface area contributed by atoms with Crippen LogP contribution in [0, 0.1) is 5.92 Å². The largest absolute Gasteiger partial charge is 0.389 e. The minimum atomic E-state index is -0.599. The number of carbonyl (C=O) groups excluding carboxylic acids is 1. The first-order valence-corrected chi connectivity index (χ1v) is 5.28. The molecular formula is C10H20N2O3. The number of ether oxygens (including phenoxy) is 1. The van der Waals surface area contributed by atoms with Gasteiger partial charge < -0.3 is 20.1 Å². The van der Waals surface area contributed by atoms with Crippen LogP contribution in [0.5, 0.6) is 0 Å². The van der Waals surface area contributed by atoms with Gasteiger partial charge in [0.25, 0.3) is 0 Å². The molecule has 5 nitrogen and oxygen atoms in total. The van der Waals surface area contributed by atoms with Gasteiger partial charge in [0.1, 0.15) is 0 Å². The molecule has 1 aliphatic rings. The first kappa shape index (κ1) is 12.4. The smallest absolute Gasteiger partial charge is 0.226 e. The maximum atomic E-state index is 11.8. The summed E-state index contributed by atoms with van der Waals surface area (Å²) in [7, 11) is 3.26. The molecule has 15 heavy (non-hydrogen) atoms. The highest BCUT2D eigenvalue weighted by molar-refractivity contribution is 5.79. The van der Waals surface area contributed by atoms with Crippen LogP contribution in [0.25, 0.3) is 0 Å². The van der Waals surface area contributed by atoms with Crippen molar-refractivity contribution in [2.24, 2.45) is 5.92 Å². The zero-order chi connectivity index (χ0) is 11.3. The Hall–Kier alpha value is -0.650. The number of hydrogen-bond donors (Lipinski definition) is 2. The monoisotopic (exact) mass is 216 g/mol. The molecule has 0 bridgehead atoms. The number of methoxy groups -OCH3 is 1. The van der Waals surface area contributed by atoms with E-state index in [1.54, 1.807) is 11.9 Å². The van der Waals surface area contributed by atoms with Gasteiger partial charge in [0.15, 0.2) is 0 Å². The Morgan fingerprint density at radius 2 is 2.47 bits per heavy atom. The SMILES string of the molecule is COCC(O)CN(C)C(=O)C1CCNC1. The number of hydrogen-bond acceptors (Lipinski definition) is 4. The fourth-order valence-electron chi connectivity index (χ4n) is 1.83. The van der Waals surface area contributed by atoms with Crippen LogP contribution in [0.3, 0.4) is 0 Å². The molecule has 0 aromatic heterocycles. The van der Waals surface area contributed by atoms with Gasteiger partial charge >= 0.3 is 0 Å². The summed E-state index contributed by atoms with van der Waals surface area (Å²) in [5.41, 5.74) is 0. The van der Waals surface area contributed by atoms with Crippen molar-refractivity contribution in [2.75, 3.05) is 40.4 Å². The maximum Gasteiger partial charge on any atom is 0.226 e. The normalized spacial score (nSPS) is 22.7. The Labute approximate surface area is 90.4 Å². The number of amides is 1. The Morgan fingerprint density at radius 1 is 1.73 bits per heavy atom. The molecule has 0 aromatic carbocycles. The predicted molar refractivity (Wildman–Crippen MR) is 56.5 cm³/mol. The first-order chi connectivity index (χ1) is 7.15. The van der Waals surface area contributed by atoms with Crippen molar-refractivity contribution in [3.05, 3.63) is 0 Å². The summed E-state index contributed by atoms with van der Waals surface area (Å²) >= 11 is 0. The van der Waals surface area contributed by atoms with Crippen molar-refractivity contribution >= 4 is 5.91 Å². The van der Waals surface area contributed by atoms with Crippen LogP contribution in [-0.2, 0) is 9.53 Å². The number of rotatable bonds is 5. The summed E-state index contributed by atoms with van der Waals surface area (Å²) in [6, 6.07) is 0. The second-order valence-corrected chi connectivity index (χ2v) is 4.02. The van der Waals surface area contributed by atoms with E-state index in [1.807, 2.05) is 0 Å². The minimum Gasteiger partial charge on any atom is -0.389 e. The van der Waals surface area contributed by atoms with Crippen molar-refractivity contribution in [2.45, 2.75) is 12.5 Å². The van der Waals surface area contributed by atoms with Crippen LogP contribution in [-0.4, -0.2) is 62.4 Å². The van der Waals surface area contributed by atoms with Crippen LogP contribution in [0.2, 0.25) is 0 Å². The summed E-state index contributed by atoms with van der Waals surface area (Å²) in [5.74, 6) is 0.180. The zero-order valence-electron chi connectivity index (χ0n) is 9.40. The summed E-state index contributed by atoms with van der Waals surface area (Å²) in [4.78, 5) is 13.4. The Balaban J connectivity index is 2.31. The van der Waals surface area contributed by atoms with Gasteiger partial charge in [-0.3, -0.25) is 4.79 Å². The van der Waals surface area contributed by atoms with Crippen LogP contribution in [0.4, 0.5) is 0 Å². The number of carbonyl (C=O) groups is 1. The molecule has 2 atom stereocenters. The van der Waals surface area contributed by atoms with Crippen LogP contribution >= 0.6 is 0 Å². The summed E-state index contributed by atoms with van der Waals surface area (Å²) in [6.45, 7) is 2.26. The van der Waals surface area contributed by atoms with E-state index in [0.29, 0.717) is 6.54 Å². The Bertz CT molecular complexity index is 205. The molecule has 1 saturated heterocycles. The predicted octanol–water partition coefficient (Wildman–Crippen LogP) is -0.938. The lowest BCUT2D eigenvalue weighted by Crippen LogP contribution is -2.40. The van der Waals surface area contributed by atoms with Gasteiger partial charge in [0, 0.05) is 27.2 Å². The lowest BCUT2D eigenvalue weighted by Gasteiger charge is -2.23. The highest BCUT2D eigenvalue weighted by Gasteiger charge is 2.25. The van der Waals surface area contributed by atoms with E-state index >= 15 is 0 Å². The van der Waals surface area contributed by atoms with Crippen LogP contribution in [0.15, 0.2) is 0 Å². The maximum absolute atomic E-state index is 11.8. The fourth-order valence-corrected chi connectivity index (χ4v) is 1.83. The van der Waals surface area contributed by atoms with Gasteiger partial charge in [-0.1, -0.05) is 0 Å². The average molecular weight is 216 g/mol. The third kappa shape index (κ3) is 3.77. The van der Waals surface area contributed by atoms with Crippen LogP contribution in [0.1, 0.15) is 6.42 Å². The van der Waals surface area contributed by atoms with E-state index in [1.165, 1.54) is 7.11 Å². The van der Waals surface area contributed by atoms with E-state index in [-0.39, 0.29) is 18.4 Å². The third-order valence-electron chi connectivity index (χ3n) is 2.63. The summed E-state index contributed by atoms with van der Waals surface area (Å²) in [6.07, 6.45) is 0.294. The van der Waals surface area contributed by atoms with Crippen molar-refractivity contribution in [3.8, 4) is 0 Å². The van der Waals surface area contributed by atoms with Crippen molar-refractivity contribution < 1.29 is 14.6 Å². The molecule has 1 amide bonds. The summed E-state index contributed by atoms with van der Waals surface area (Å²) in [5, 5.41) is 12.6. The summed E-state index contributed by atoms with van der Waals surface area (Å²) < 4.78 is 4.81. The Kier molecular flexibility index (Phi) is 5.01. The second-order valence-electron chi connectivity index (χ2n) is 4.02. The molecule has 1 fully saturated rings. The zero-order valence-corrected chi connectivity index (χ0v) is 9.40. The fraction of sp³-hybridized carbons (Fsp3) is 0.900. The first-order valence-electron chi connectivity index (χ1n) is 5.28. The average Bonchev–Trinajstić information content (AvgIpc) is 2.69. The van der Waals surface area contributed by atoms with Gasteiger partial charge in [-0.25, -0.2) is 0 Å². The lowest BCUT2D eigenvalue weighted by atomic mass is 10.1. The van der Waals surface area contributed by atoms with Crippen LogP contribution < -0.4 is 5.32 Å². The molecule has 0 aliphatic carbocycles. The number of nitrogens with one attached hydrogen (secondary N) is 1. The number of aliphatic hydroxyl groups excluding tert-OH is 1. The molecular weight excluding hydrogens is 196 g/mol. The molecule has 0 radical (unpaired) electrons. The minimum absolute atomic E-state index is 0.0738. The molecule has 1 heterocycles. The highest BCUT2D eigenvalue weighted by atomic mass is 16.5. The second kappa shape index (κ2) is 6.05. The molecule has 2 unspecified atom stereocenters. The van der Waals surface area contributed by atoms with E-state index in [9.17, 15) is 9.90 Å². The molecule has 1 aliphatic heterocycles. The molecule has 2 N–H and O–H groups in total. The quantitative estimate of drug-likeness (QED) is 0.623. The van der Waals surface area contributed by atoms with E-state index in [0.717, 1.165) is 19.5 Å². The van der Waals surface area contributed by atoms with E-state index in [2.05, 4.69) is 5.32 Å². The molecule has 1 rings (SSSR count). The van der Waals surface area contributed by atoms with Gasteiger partial charge in [-0.2, -0.15) is 0 Å². The van der Waals surface area contributed by atoms with Crippen molar-refractivity contribution in [1.82, 2.24) is 10.2 Å². The molecule has 0 saturated carbocycles. The highest BCUT2D eigenvalue weighted by Crippen LogP contribution is 2.10. The van der Waals surface area contributed by atoms with E-state index < -0.39 is 6.10 Å². The molecule has 5 heteroatoms. The number of likely N-dealkylation sites (N-methyl/N-ethyl adjacent to an activating group) is 1. The molecule has 0 aromatic rings.